The summed E-state index contributed by atoms with van der Waals surface area (Å²) in [5.74, 6) is 1.31. The van der Waals surface area contributed by atoms with Gasteiger partial charge in [-0.05, 0) is 66.7 Å². The fraction of sp³-hybridized carbons (Fsp3) is 0.138. The summed E-state index contributed by atoms with van der Waals surface area (Å²) in [6.45, 7) is -0.574. The molecule has 0 bridgehead atoms. The lowest BCUT2D eigenvalue weighted by Crippen LogP contribution is -2.38. The number of sulfonamides is 1. The summed E-state index contributed by atoms with van der Waals surface area (Å²) >= 11 is 6.22. The van der Waals surface area contributed by atoms with Gasteiger partial charge in [-0.25, -0.2) is 8.42 Å². The molecule has 0 aromatic heterocycles. The summed E-state index contributed by atoms with van der Waals surface area (Å²) in [7, 11) is 0.208. The average molecular weight is 583 g/mol. The number of nitrogens with zero attached hydrogens (tertiary/aromatic N) is 1. The van der Waals surface area contributed by atoms with E-state index in [1.54, 1.807) is 60.7 Å². The maximum absolute atomic E-state index is 13.8. The topological polar surface area (TPSA) is 103 Å². The first-order chi connectivity index (χ1) is 19.3. The Bertz CT molecular complexity index is 1590. The van der Waals surface area contributed by atoms with Gasteiger partial charge in [-0.2, -0.15) is 0 Å². The van der Waals surface area contributed by atoms with Crippen molar-refractivity contribution >= 4 is 38.9 Å². The van der Waals surface area contributed by atoms with E-state index in [2.05, 4.69) is 5.32 Å². The number of benzene rings is 4. The van der Waals surface area contributed by atoms with Crippen LogP contribution in [-0.4, -0.2) is 42.2 Å². The number of amides is 1. The third-order valence-electron chi connectivity index (χ3n) is 5.79. The van der Waals surface area contributed by atoms with Crippen LogP contribution in [0.1, 0.15) is 0 Å². The normalized spacial score (nSPS) is 10.9. The van der Waals surface area contributed by atoms with Crippen molar-refractivity contribution in [2.45, 2.75) is 4.90 Å². The maximum atomic E-state index is 13.8. The number of carbonyl (C=O) groups is 1. The summed E-state index contributed by atoms with van der Waals surface area (Å²) in [5.41, 5.74) is 0.429. The van der Waals surface area contributed by atoms with E-state index in [1.165, 1.54) is 51.7 Å². The standard InChI is InChI=1S/C29H27ClN2O7S/c1-36-21-13-15-22(16-14-21)40(34,35)32(24-8-4-5-9-26(24)37-2)19-29(33)31-23-18-20(30)12-17-25(23)39-28-11-7-6-10-27(28)38-3/h4-18H,19H2,1-3H3,(H,31,33). The Morgan fingerprint density at radius 3 is 2.05 bits per heavy atom. The van der Waals surface area contributed by atoms with Crippen molar-refractivity contribution in [2.75, 3.05) is 37.5 Å². The molecule has 0 saturated carbocycles. The predicted molar refractivity (Wildman–Crippen MR) is 154 cm³/mol. The van der Waals surface area contributed by atoms with Gasteiger partial charge in [0.15, 0.2) is 17.2 Å². The molecule has 208 valence electrons. The molecular formula is C29H27ClN2O7S. The van der Waals surface area contributed by atoms with Crippen LogP contribution in [0.3, 0.4) is 0 Å². The fourth-order valence-corrected chi connectivity index (χ4v) is 5.44. The molecule has 4 rings (SSSR count). The van der Waals surface area contributed by atoms with Gasteiger partial charge in [-0.3, -0.25) is 9.10 Å². The molecule has 40 heavy (non-hydrogen) atoms. The number of hydrogen-bond donors (Lipinski definition) is 1. The van der Waals surface area contributed by atoms with Gasteiger partial charge in [-0.1, -0.05) is 35.9 Å². The Labute approximate surface area is 237 Å². The molecule has 1 amide bonds. The molecule has 4 aromatic rings. The average Bonchev–Trinajstić information content (AvgIpc) is 2.97. The fourth-order valence-electron chi connectivity index (χ4n) is 3.84. The van der Waals surface area contributed by atoms with Crippen LogP contribution in [0.25, 0.3) is 0 Å². The third kappa shape index (κ3) is 6.41. The second-order valence-electron chi connectivity index (χ2n) is 8.30. The smallest absolute Gasteiger partial charge is 0.264 e. The van der Waals surface area contributed by atoms with Crippen molar-refractivity contribution in [3.8, 4) is 28.7 Å². The summed E-state index contributed by atoms with van der Waals surface area (Å²) in [6, 6.07) is 24.1. The maximum Gasteiger partial charge on any atom is 0.264 e. The highest BCUT2D eigenvalue weighted by Crippen LogP contribution is 2.37. The molecule has 11 heteroatoms. The Balaban J connectivity index is 1.68. The zero-order chi connectivity index (χ0) is 28.7. The highest BCUT2D eigenvalue weighted by molar-refractivity contribution is 7.92. The highest BCUT2D eigenvalue weighted by atomic mass is 35.5. The summed E-state index contributed by atoms with van der Waals surface area (Å²) in [6.07, 6.45) is 0. The summed E-state index contributed by atoms with van der Waals surface area (Å²) in [5, 5.41) is 3.08. The molecule has 9 nitrogen and oxygen atoms in total. The zero-order valence-corrected chi connectivity index (χ0v) is 23.5. The Hall–Kier alpha value is -4.41. The number of halogens is 1. The minimum Gasteiger partial charge on any atom is -0.497 e. The van der Waals surface area contributed by atoms with Crippen LogP contribution < -0.4 is 28.6 Å². The van der Waals surface area contributed by atoms with Crippen molar-refractivity contribution in [3.63, 3.8) is 0 Å². The minimum absolute atomic E-state index is 0.0324. The molecule has 0 radical (unpaired) electrons. The van der Waals surface area contributed by atoms with E-state index in [0.29, 0.717) is 22.3 Å². The second-order valence-corrected chi connectivity index (χ2v) is 10.6. The van der Waals surface area contributed by atoms with Crippen molar-refractivity contribution < 1.29 is 32.2 Å². The van der Waals surface area contributed by atoms with Crippen molar-refractivity contribution in [3.05, 3.63) is 96.0 Å². The number of anilines is 2. The molecule has 0 saturated heterocycles. The van der Waals surface area contributed by atoms with Crippen LogP contribution in [0.15, 0.2) is 95.9 Å². The SMILES string of the molecule is COc1ccc(S(=O)(=O)N(CC(=O)Nc2cc(Cl)ccc2Oc2ccccc2OC)c2ccccc2OC)cc1. The van der Waals surface area contributed by atoms with Crippen LogP contribution in [0.4, 0.5) is 11.4 Å². The Morgan fingerprint density at radius 1 is 0.775 bits per heavy atom. The second kappa shape index (κ2) is 12.6. The van der Waals surface area contributed by atoms with E-state index < -0.39 is 22.5 Å². The van der Waals surface area contributed by atoms with Gasteiger partial charge in [0.1, 0.15) is 18.0 Å². The molecule has 0 aliphatic carbocycles. The number of para-hydroxylation sites is 4. The molecule has 4 aromatic carbocycles. The molecule has 0 spiro atoms. The number of nitrogens with one attached hydrogen (secondary N) is 1. The van der Waals surface area contributed by atoms with Gasteiger partial charge in [0.2, 0.25) is 5.91 Å². The quantitative estimate of drug-likeness (QED) is 0.232. The van der Waals surface area contributed by atoms with E-state index >= 15 is 0 Å². The minimum atomic E-state index is -4.21. The zero-order valence-electron chi connectivity index (χ0n) is 22.0. The van der Waals surface area contributed by atoms with Gasteiger partial charge in [0.25, 0.3) is 10.0 Å². The number of carbonyl (C=O) groups excluding carboxylic acids is 1. The van der Waals surface area contributed by atoms with E-state index in [1.807, 2.05) is 0 Å². The van der Waals surface area contributed by atoms with Crippen molar-refractivity contribution in [1.82, 2.24) is 0 Å². The van der Waals surface area contributed by atoms with Crippen LogP contribution in [0, 0.1) is 0 Å². The van der Waals surface area contributed by atoms with Crippen LogP contribution in [0.2, 0.25) is 5.02 Å². The molecule has 0 aliphatic heterocycles. The Morgan fingerprint density at radius 2 is 1.40 bits per heavy atom. The molecule has 0 aliphatic rings. The van der Waals surface area contributed by atoms with Gasteiger partial charge in [0.05, 0.1) is 37.6 Å². The first-order valence-corrected chi connectivity index (χ1v) is 13.8. The summed E-state index contributed by atoms with van der Waals surface area (Å²) in [4.78, 5) is 13.4. The first-order valence-electron chi connectivity index (χ1n) is 12.0. The summed E-state index contributed by atoms with van der Waals surface area (Å²) < 4.78 is 50.5. The van der Waals surface area contributed by atoms with E-state index in [9.17, 15) is 13.2 Å². The highest BCUT2D eigenvalue weighted by Gasteiger charge is 2.30. The van der Waals surface area contributed by atoms with E-state index in [4.69, 9.17) is 30.5 Å². The van der Waals surface area contributed by atoms with Crippen LogP contribution in [-0.2, 0) is 14.8 Å². The molecule has 0 unspecified atom stereocenters. The molecule has 0 heterocycles. The van der Waals surface area contributed by atoms with E-state index in [-0.39, 0.29) is 27.8 Å². The molecule has 1 N–H and O–H groups in total. The van der Waals surface area contributed by atoms with Gasteiger partial charge < -0.3 is 24.3 Å². The van der Waals surface area contributed by atoms with Gasteiger partial charge >= 0.3 is 0 Å². The number of ether oxygens (including phenoxy) is 4. The largest absolute Gasteiger partial charge is 0.497 e. The van der Waals surface area contributed by atoms with Crippen LogP contribution >= 0.6 is 11.6 Å². The van der Waals surface area contributed by atoms with Gasteiger partial charge in [-0.15, -0.1) is 0 Å². The molecule has 0 fully saturated rings. The lowest BCUT2D eigenvalue weighted by atomic mass is 10.2. The molecular weight excluding hydrogens is 556 g/mol. The first kappa shape index (κ1) is 28.6. The van der Waals surface area contributed by atoms with Gasteiger partial charge in [0, 0.05) is 5.02 Å². The lowest BCUT2D eigenvalue weighted by Gasteiger charge is -2.26. The lowest BCUT2D eigenvalue weighted by molar-refractivity contribution is -0.114. The number of rotatable bonds is 11. The Kier molecular flexibility index (Phi) is 9.03. The number of methoxy groups -OCH3 is 3. The number of hydrogen-bond acceptors (Lipinski definition) is 7. The predicted octanol–water partition coefficient (Wildman–Crippen LogP) is 5.99. The monoisotopic (exact) mass is 582 g/mol. The van der Waals surface area contributed by atoms with Crippen LogP contribution in [0.5, 0.6) is 28.7 Å². The van der Waals surface area contributed by atoms with Crippen molar-refractivity contribution in [1.29, 1.82) is 0 Å². The molecule has 0 atom stereocenters. The van der Waals surface area contributed by atoms with Crippen molar-refractivity contribution in [2.24, 2.45) is 0 Å². The third-order valence-corrected chi connectivity index (χ3v) is 7.80. The van der Waals surface area contributed by atoms with E-state index in [0.717, 1.165) is 4.31 Å².